The van der Waals surface area contributed by atoms with E-state index >= 15 is 0 Å². The minimum Gasteiger partial charge on any atom is -0.467 e. The summed E-state index contributed by atoms with van der Waals surface area (Å²) in [5.74, 6) is 0.773. The van der Waals surface area contributed by atoms with E-state index in [1.807, 2.05) is 36.4 Å². The Labute approximate surface area is 154 Å². The lowest BCUT2D eigenvalue weighted by Crippen LogP contribution is -2.33. The first-order chi connectivity index (χ1) is 12.4. The van der Waals surface area contributed by atoms with Crippen LogP contribution in [0.2, 0.25) is 0 Å². The van der Waals surface area contributed by atoms with Crippen LogP contribution in [0.25, 0.3) is 11.1 Å². The van der Waals surface area contributed by atoms with Gasteiger partial charge in [0.05, 0.1) is 0 Å². The van der Waals surface area contributed by atoms with E-state index in [1.54, 1.807) is 7.11 Å². The van der Waals surface area contributed by atoms with E-state index in [0.717, 1.165) is 35.3 Å². The zero-order chi connectivity index (χ0) is 18.7. The van der Waals surface area contributed by atoms with E-state index < -0.39 is 6.09 Å². The van der Waals surface area contributed by atoms with E-state index in [-0.39, 0.29) is 18.3 Å². The summed E-state index contributed by atoms with van der Waals surface area (Å²) in [5.41, 5.74) is 9.42. The number of hydrogen-bond donors (Lipinski definition) is 1. The van der Waals surface area contributed by atoms with Crippen LogP contribution in [0.3, 0.4) is 0 Å². The number of carbonyl (C=O) groups is 1. The highest BCUT2D eigenvalue weighted by molar-refractivity contribution is 5.72. The lowest BCUT2D eigenvalue weighted by molar-refractivity contribution is 0.0147. The third-order valence-corrected chi connectivity index (χ3v) is 4.94. The summed E-state index contributed by atoms with van der Waals surface area (Å²) in [6, 6.07) is 14.1. The fraction of sp³-hybridized carbons (Fsp3) is 0.381. The molecule has 0 spiro atoms. The van der Waals surface area contributed by atoms with Crippen molar-refractivity contribution in [3.8, 4) is 16.9 Å². The Morgan fingerprint density at radius 1 is 1.23 bits per heavy atom. The predicted octanol–water partition coefficient (Wildman–Crippen LogP) is 4.45. The Balaban J connectivity index is 1.99. The molecule has 0 bridgehead atoms. The van der Waals surface area contributed by atoms with Crippen molar-refractivity contribution >= 4 is 6.09 Å². The molecule has 1 unspecified atom stereocenters. The topological polar surface area (TPSA) is 70.8 Å². The first kappa shape index (κ1) is 18.3. The Morgan fingerprint density at radius 3 is 2.73 bits per heavy atom. The van der Waals surface area contributed by atoms with Crippen molar-refractivity contribution in [2.45, 2.75) is 32.8 Å². The maximum atomic E-state index is 11.4. The lowest BCUT2D eigenvalue weighted by atomic mass is 9.71. The van der Waals surface area contributed by atoms with Gasteiger partial charge in [-0.2, -0.15) is 0 Å². The van der Waals surface area contributed by atoms with Gasteiger partial charge >= 0.3 is 6.09 Å². The number of para-hydroxylation sites is 1. The molecule has 0 aliphatic heterocycles. The third-order valence-electron chi connectivity index (χ3n) is 4.94. The second-order valence-corrected chi connectivity index (χ2v) is 7.27. The zero-order valence-electron chi connectivity index (χ0n) is 15.5. The van der Waals surface area contributed by atoms with Crippen molar-refractivity contribution in [3.05, 3.63) is 53.6 Å². The molecule has 1 aliphatic carbocycles. The van der Waals surface area contributed by atoms with Gasteiger partial charge in [0.1, 0.15) is 11.9 Å². The van der Waals surface area contributed by atoms with E-state index in [0.29, 0.717) is 0 Å². The molecule has 0 fully saturated rings. The Kier molecular flexibility index (Phi) is 5.18. The summed E-state index contributed by atoms with van der Waals surface area (Å²) >= 11 is 0. The van der Waals surface area contributed by atoms with Crippen LogP contribution in [0.1, 0.15) is 37.5 Å². The van der Waals surface area contributed by atoms with Gasteiger partial charge in [0.25, 0.3) is 0 Å². The van der Waals surface area contributed by atoms with Gasteiger partial charge in [-0.1, -0.05) is 50.2 Å². The van der Waals surface area contributed by atoms with Crippen LogP contribution in [0.4, 0.5) is 4.79 Å². The molecule has 5 nitrogen and oxygen atoms in total. The number of carbonyl (C=O) groups excluding carboxylic acids is 1. The molecule has 138 valence electrons. The van der Waals surface area contributed by atoms with Crippen molar-refractivity contribution in [1.82, 2.24) is 0 Å². The monoisotopic (exact) mass is 355 g/mol. The molecule has 0 saturated carbocycles. The van der Waals surface area contributed by atoms with Crippen LogP contribution in [0.15, 0.2) is 42.5 Å². The summed E-state index contributed by atoms with van der Waals surface area (Å²) in [4.78, 5) is 11.4. The highest BCUT2D eigenvalue weighted by Crippen LogP contribution is 2.46. The SMILES string of the molecule is COCOc1ccccc1-c1ccc2c(c1)CCC(C)(C)C2OC(N)=O. The van der Waals surface area contributed by atoms with Crippen molar-refractivity contribution in [2.24, 2.45) is 11.1 Å². The van der Waals surface area contributed by atoms with E-state index in [9.17, 15) is 4.79 Å². The second-order valence-electron chi connectivity index (χ2n) is 7.27. The Morgan fingerprint density at radius 2 is 2.00 bits per heavy atom. The minimum atomic E-state index is -0.738. The normalized spacial score (nSPS) is 18.0. The van der Waals surface area contributed by atoms with Crippen molar-refractivity contribution in [3.63, 3.8) is 0 Å². The largest absolute Gasteiger partial charge is 0.467 e. The maximum absolute atomic E-state index is 11.4. The fourth-order valence-electron chi connectivity index (χ4n) is 3.55. The van der Waals surface area contributed by atoms with Gasteiger partial charge in [-0.05, 0) is 35.6 Å². The molecule has 2 aromatic carbocycles. The fourth-order valence-corrected chi connectivity index (χ4v) is 3.55. The zero-order valence-corrected chi connectivity index (χ0v) is 15.5. The van der Waals surface area contributed by atoms with Crippen LogP contribution in [0.5, 0.6) is 5.75 Å². The highest BCUT2D eigenvalue weighted by atomic mass is 16.7. The summed E-state index contributed by atoms with van der Waals surface area (Å²) in [5, 5.41) is 0. The summed E-state index contributed by atoms with van der Waals surface area (Å²) < 4.78 is 16.2. The molecule has 1 amide bonds. The van der Waals surface area contributed by atoms with Gasteiger partial charge in [0.15, 0.2) is 6.79 Å². The lowest BCUT2D eigenvalue weighted by Gasteiger charge is -2.39. The van der Waals surface area contributed by atoms with Crippen LogP contribution in [0, 0.1) is 5.41 Å². The van der Waals surface area contributed by atoms with Crippen molar-refractivity contribution < 1.29 is 19.0 Å². The summed E-state index contributed by atoms with van der Waals surface area (Å²) in [7, 11) is 1.60. The Bertz CT molecular complexity index is 800. The van der Waals surface area contributed by atoms with Gasteiger partial charge in [0, 0.05) is 18.1 Å². The number of benzene rings is 2. The molecule has 0 radical (unpaired) electrons. The van der Waals surface area contributed by atoms with E-state index in [4.69, 9.17) is 19.9 Å². The number of amides is 1. The smallest absolute Gasteiger partial charge is 0.405 e. The van der Waals surface area contributed by atoms with Crippen molar-refractivity contribution in [1.29, 1.82) is 0 Å². The second kappa shape index (κ2) is 7.38. The first-order valence-corrected chi connectivity index (χ1v) is 8.72. The molecule has 0 saturated heterocycles. The number of primary amides is 1. The number of nitrogens with two attached hydrogens (primary N) is 1. The molecule has 3 rings (SSSR count). The molecular weight excluding hydrogens is 330 g/mol. The van der Waals surface area contributed by atoms with E-state index in [2.05, 4.69) is 19.9 Å². The Hall–Kier alpha value is -2.53. The van der Waals surface area contributed by atoms with Crippen LogP contribution in [-0.2, 0) is 15.9 Å². The maximum Gasteiger partial charge on any atom is 0.405 e. The van der Waals surface area contributed by atoms with Gasteiger partial charge in [-0.25, -0.2) is 4.79 Å². The molecule has 1 atom stereocenters. The highest BCUT2D eigenvalue weighted by Gasteiger charge is 2.38. The number of ether oxygens (including phenoxy) is 3. The van der Waals surface area contributed by atoms with Gasteiger partial charge in [-0.15, -0.1) is 0 Å². The third kappa shape index (κ3) is 3.68. The molecule has 0 heterocycles. The van der Waals surface area contributed by atoms with Gasteiger partial charge in [0.2, 0.25) is 0 Å². The molecule has 1 aliphatic rings. The summed E-state index contributed by atoms with van der Waals surface area (Å²) in [6.45, 7) is 4.40. The molecule has 2 N–H and O–H groups in total. The van der Waals surface area contributed by atoms with Crippen LogP contribution >= 0.6 is 0 Å². The number of fused-ring (bicyclic) bond motifs is 1. The first-order valence-electron chi connectivity index (χ1n) is 8.72. The van der Waals surface area contributed by atoms with Gasteiger partial charge in [-0.3, -0.25) is 0 Å². The van der Waals surface area contributed by atoms with Gasteiger partial charge < -0.3 is 19.9 Å². The van der Waals surface area contributed by atoms with Crippen molar-refractivity contribution in [2.75, 3.05) is 13.9 Å². The molecule has 5 heteroatoms. The molecule has 2 aromatic rings. The average molecular weight is 355 g/mol. The number of methoxy groups -OCH3 is 1. The molecule has 26 heavy (non-hydrogen) atoms. The minimum absolute atomic E-state index is 0.150. The summed E-state index contributed by atoms with van der Waals surface area (Å²) in [6.07, 6.45) is 0.773. The van der Waals surface area contributed by atoms with E-state index in [1.165, 1.54) is 5.56 Å². The van der Waals surface area contributed by atoms with Crippen LogP contribution in [-0.4, -0.2) is 20.0 Å². The number of rotatable bonds is 5. The number of aryl methyl sites for hydroxylation is 1. The van der Waals surface area contributed by atoms with Crippen LogP contribution < -0.4 is 10.5 Å². The standard InChI is InChI=1S/C21H25NO4/c1-21(2)11-10-15-12-14(8-9-17(15)19(21)26-20(22)23)16-6-4-5-7-18(16)25-13-24-3/h4-9,12,19H,10-11,13H2,1-3H3,(H2,22,23). The average Bonchev–Trinajstić information content (AvgIpc) is 2.62. The predicted molar refractivity (Wildman–Crippen MR) is 99.9 cm³/mol. The number of hydrogen-bond acceptors (Lipinski definition) is 4. The molecule has 0 aromatic heterocycles. The quantitative estimate of drug-likeness (QED) is 0.805. The molecular formula is C21H25NO4.